The fourth-order valence-corrected chi connectivity index (χ4v) is 4.93. The topological polar surface area (TPSA) is 31.2 Å². The second kappa shape index (κ2) is 8.33. The van der Waals surface area contributed by atoms with E-state index in [1.165, 1.54) is 34.2 Å². The molecule has 0 saturated carbocycles. The quantitative estimate of drug-likeness (QED) is 0.435. The van der Waals surface area contributed by atoms with Crippen molar-refractivity contribution in [2.75, 3.05) is 6.61 Å². The third-order valence-electron chi connectivity index (χ3n) is 6.35. The molecule has 0 spiro atoms. The molecule has 3 aromatic rings. The molecule has 1 aromatic heterocycles. The molecule has 0 saturated heterocycles. The van der Waals surface area contributed by atoms with Crippen molar-refractivity contribution >= 4 is 22.4 Å². The van der Waals surface area contributed by atoms with Crippen LogP contribution in [0.4, 0.5) is 4.39 Å². The number of hydrogen-bond donors (Lipinski definition) is 0. The van der Waals surface area contributed by atoms with E-state index >= 15 is 0 Å². The third-order valence-corrected chi connectivity index (χ3v) is 6.35. The van der Waals surface area contributed by atoms with Gasteiger partial charge >= 0.3 is 5.97 Å². The molecule has 0 bridgehead atoms. The van der Waals surface area contributed by atoms with Crippen LogP contribution < -0.4 is 0 Å². The Hall–Kier alpha value is -2.88. The minimum Gasteiger partial charge on any atom is -0.466 e. The van der Waals surface area contributed by atoms with Gasteiger partial charge in [-0.2, -0.15) is 0 Å². The smallest absolute Gasteiger partial charge is 0.306 e. The number of fused-ring (bicyclic) bond motifs is 3. The van der Waals surface area contributed by atoms with Crippen LogP contribution in [-0.4, -0.2) is 17.1 Å². The number of nitrogens with zero attached hydrogens (tertiary/aromatic N) is 1. The molecule has 162 valence electrons. The predicted molar refractivity (Wildman–Crippen MR) is 124 cm³/mol. The molecule has 0 aliphatic heterocycles. The zero-order valence-electron chi connectivity index (χ0n) is 19.0. The van der Waals surface area contributed by atoms with Gasteiger partial charge in [-0.1, -0.05) is 38.1 Å². The predicted octanol–water partition coefficient (Wildman–Crippen LogP) is 6.62. The molecule has 4 rings (SSSR count). The number of carbonyl (C=O) groups excluding carboxylic acids is 1. The van der Waals surface area contributed by atoms with E-state index in [0.717, 1.165) is 28.8 Å². The minimum atomic E-state index is -0.239. The van der Waals surface area contributed by atoms with Crippen LogP contribution in [0.2, 0.25) is 0 Å². The summed E-state index contributed by atoms with van der Waals surface area (Å²) in [6, 6.07) is 11.3. The van der Waals surface area contributed by atoms with Crippen molar-refractivity contribution in [1.29, 1.82) is 0 Å². The number of carbonyl (C=O) groups is 1. The first-order valence-electron chi connectivity index (χ1n) is 11.1. The summed E-state index contributed by atoms with van der Waals surface area (Å²) in [5, 5.41) is 1.20. The summed E-state index contributed by atoms with van der Waals surface area (Å²) in [6.45, 7) is 8.79. The summed E-state index contributed by atoms with van der Waals surface area (Å²) in [7, 11) is 2.09. The van der Waals surface area contributed by atoms with Crippen molar-refractivity contribution in [2.45, 2.75) is 52.4 Å². The van der Waals surface area contributed by atoms with Crippen LogP contribution in [0.1, 0.15) is 73.4 Å². The van der Waals surface area contributed by atoms with E-state index < -0.39 is 0 Å². The molecule has 0 fully saturated rings. The largest absolute Gasteiger partial charge is 0.466 e. The van der Waals surface area contributed by atoms with Gasteiger partial charge in [0.25, 0.3) is 0 Å². The number of aromatic nitrogens is 1. The van der Waals surface area contributed by atoms with E-state index in [2.05, 4.69) is 50.6 Å². The number of rotatable bonds is 5. The fourth-order valence-electron chi connectivity index (χ4n) is 4.93. The van der Waals surface area contributed by atoms with Gasteiger partial charge in [-0.05, 0) is 66.6 Å². The Bertz CT molecular complexity index is 1170. The van der Waals surface area contributed by atoms with E-state index in [9.17, 15) is 9.18 Å². The molecule has 31 heavy (non-hydrogen) atoms. The lowest BCUT2D eigenvalue weighted by Gasteiger charge is -2.24. The van der Waals surface area contributed by atoms with Crippen LogP contribution in [0.15, 0.2) is 42.5 Å². The number of allylic oxidation sites excluding steroid dienone is 1. The molecule has 0 radical (unpaired) electrons. The number of benzene rings is 2. The van der Waals surface area contributed by atoms with Crippen LogP contribution in [0.25, 0.3) is 16.5 Å². The van der Waals surface area contributed by atoms with Crippen LogP contribution in [0.5, 0.6) is 0 Å². The van der Waals surface area contributed by atoms with Crippen molar-refractivity contribution in [3.63, 3.8) is 0 Å². The van der Waals surface area contributed by atoms with Crippen LogP contribution >= 0.6 is 0 Å². The molecule has 0 amide bonds. The first-order chi connectivity index (χ1) is 14.8. The standard InChI is InChI=1S/C27H30FNO2/c1-6-31-24(30)15-19-9-12-22(18-7-10-21(28)11-8-18)25-23-14-20(16(2)3)13-17(4)26(23)29(5)27(19)25/h7-8,10-14,16,19H,6,9,15H2,1-5H3. The van der Waals surface area contributed by atoms with Crippen molar-refractivity contribution in [3.05, 3.63) is 76.2 Å². The maximum Gasteiger partial charge on any atom is 0.306 e. The maximum atomic E-state index is 13.6. The Balaban J connectivity index is 1.97. The summed E-state index contributed by atoms with van der Waals surface area (Å²) in [4.78, 5) is 12.4. The average Bonchev–Trinajstić information content (AvgIpc) is 3.03. The molecule has 2 aromatic carbocycles. The molecule has 3 nitrogen and oxygen atoms in total. The number of hydrogen-bond acceptors (Lipinski definition) is 2. The SMILES string of the molecule is CCOC(=O)CC1CC=C(c2ccc(F)cc2)c2c1n(C)c1c(C)cc(C(C)C)cc21. The first-order valence-corrected chi connectivity index (χ1v) is 11.1. The van der Waals surface area contributed by atoms with Gasteiger partial charge in [-0.25, -0.2) is 4.39 Å². The summed E-state index contributed by atoms with van der Waals surface area (Å²) < 4.78 is 21.1. The van der Waals surface area contributed by atoms with Crippen molar-refractivity contribution in [3.8, 4) is 0 Å². The highest BCUT2D eigenvalue weighted by Crippen LogP contribution is 2.45. The van der Waals surface area contributed by atoms with E-state index in [4.69, 9.17) is 4.74 Å². The highest BCUT2D eigenvalue weighted by atomic mass is 19.1. The fraction of sp³-hybridized carbons (Fsp3) is 0.370. The first kappa shape index (κ1) is 21.4. The molecule has 4 heteroatoms. The number of esters is 1. The van der Waals surface area contributed by atoms with Gasteiger partial charge in [-0.15, -0.1) is 0 Å². The van der Waals surface area contributed by atoms with Gasteiger partial charge in [0.15, 0.2) is 0 Å². The minimum absolute atomic E-state index is 0.0533. The number of ether oxygens (including phenoxy) is 1. The highest BCUT2D eigenvalue weighted by molar-refractivity contribution is 6.01. The Labute approximate surface area is 183 Å². The van der Waals surface area contributed by atoms with Crippen molar-refractivity contribution in [2.24, 2.45) is 7.05 Å². The van der Waals surface area contributed by atoms with Crippen LogP contribution in [-0.2, 0) is 16.6 Å². The Morgan fingerprint density at radius 2 is 1.94 bits per heavy atom. The van der Waals surface area contributed by atoms with E-state index in [1.54, 1.807) is 0 Å². The van der Waals surface area contributed by atoms with Gasteiger partial charge in [0.05, 0.1) is 18.5 Å². The Morgan fingerprint density at radius 3 is 2.58 bits per heavy atom. The number of aryl methyl sites for hydroxylation is 2. The zero-order valence-corrected chi connectivity index (χ0v) is 19.0. The second-order valence-electron chi connectivity index (χ2n) is 8.77. The van der Waals surface area contributed by atoms with Crippen LogP contribution in [0, 0.1) is 12.7 Å². The lowest BCUT2D eigenvalue weighted by molar-refractivity contribution is -0.143. The van der Waals surface area contributed by atoms with E-state index in [0.29, 0.717) is 18.9 Å². The molecule has 1 atom stereocenters. The molecular formula is C27H30FNO2. The second-order valence-corrected chi connectivity index (χ2v) is 8.77. The molecular weight excluding hydrogens is 389 g/mol. The summed E-state index contributed by atoms with van der Waals surface area (Å²) in [5.41, 5.74) is 8.15. The molecule has 0 N–H and O–H groups in total. The highest BCUT2D eigenvalue weighted by Gasteiger charge is 2.31. The normalized spacial score (nSPS) is 15.8. The maximum absolute atomic E-state index is 13.6. The molecule has 1 heterocycles. The monoisotopic (exact) mass is 419 g/mol. The Kier molecular flexibility index (Phi) is 5.74. The van der Waals surface area contributed by atoms with E-state index in [-0.39, 0.29) is 17.7 Å². The van der Waals surface area contributed by atoms with Gasteiger partial charge in [-0.3, -0.25) is 4.79 Å². The lowest BCUT2D eigenvalue weighted by atomic mass is 9.82. The number of halogens is 1. The van der Waals surface area contributed by atoms with Gasteiger partial charge in [0.1, 0.15) is 5.82 Å². The molecule has 1 aliphatic carbocycles. The average molecular weight is 420 g/mol. The summed E-state index contributed by atoms with van der Waals surface area (Å²) in [5.74, 6) is 0.0621. The van der Waals surface area contributed by atoms with Gasteiger partial charge < -0.3 is 9.30 Å². The Morgan fingerprint density at radius 1 is 1.23 bits per heavy atom. The third kappa shape index (κ3) is 3.80. The van der Waals surface area contributed by atoms with Crippen LogP contribution in [0.3, 0.4) is 0 Å². The summed E-state index contributed by atoms with van der Waals surface area (Å²) in [6.07, 6.45) is 3.31. The molecule has 1 aliphatic rings. The zero-order chi connectivity index (χ0) is 22.3. The van der Waals surface area contributed by atoms with E-state index in [1.807, 2.05) is 19.1 Å². The lowest BCUT2D eigenvalue weighted by Crippen LogP contribution is -2.16. The van der Waals surface area contributed by atoms with Crippen molar-refractivity contribution < 1.29 is 13.9 Å². The van der Waals surface area contributed by atoms with Gasteiger partial charge in [0, 0.05) is 29.6 Å². The molecule has 1 unspecified atom stereocenters. The van der Waals surface area contributed by atoms with Gasteiger partial charge in [0.2, 0.25) is 0 Å². The summed E-state index contributed by atoms with van der Waals surface area (Å²) >= 11 is 0. The van der Waals surface area contributed by atoms with Crippen molar-refractivity contribution in [1.82, 2.24) is 4.57 Å².